The van der Waals surface area contributed by atoms with Gasteiger partial charge in [0.1, 0.15) is 29.6 Å². The second-order valence-corrected chi connectivity index (χ2v) is 6.56. The Morgan fingerprint density at radius 1 is 1.00 bits per heavy atom. The number of benzene rings is 1. The highest BCUT2D eigenvalue weighted by Gasteiger charge is 2.05. The van der Waals surface area contributed by atoms with Gasteiger partial charge >= 0.3 is 0 Å². The molecule has 0 spiro atoms. The van der Waals surface area contributed by atoms with E-state index in [9.17, 15) is 9.18 Å². The van der Waals surface area contributed by atoms with E-state index in [1.54, 1.807) is 18.3 Å². The molecule has 0 atom stereocenters. The van der Waals surface area contributed by atoms with Crippen LogP contribution in [0.3, 0.4) is 0 Å². The van der Waals surface area contributed by atoms with Crippen molar-refractivity contribution in [1.82, 2.24) is 20.3 Å². The highest BCUT2D eigenvalue weighted by atomic mass is 35.5. The van der Waals surface area contributed by atoms with Crippen molar-refractivity contribution in [2.75, 3.05) is 23.7 Å². The number of aromatic nitrogens is 3. The molecule has 0 fully saturated rings. The Hall–Kier alpha value is -3.26. The summed E-state index contributed by atoms with van der Waals surface area (Å²) in [6.45, 7) is 0.949. The fourth-order valence-corrected chi connectivity index (χ4v) is 2.73. The standard InChI is InChI=1S/C20H20ClFN6O/c21-15-11-14(4-6-16(15)22)5-7-20(29)25-10-9-24-18-12-19(27-13-26-18)28-17-3-1-2-8-23-17/h1-4,6,8,11-13H,5,7,9-10H2,(H,25,29)(H2,23,24,26,27,28). The summed E-state index contributed by atoms with van der Waals surface area (Å²) < 4.78 is 13.1. The van der Waals surface area contributed by atoms with E-state index in [1.807, 2.05) is 18.2 Å². The highest BCUT2D eigenvalue weighted by molar-refractivity contribution is 6.30. The van der Waals surface area contributed by atoms with E-state index in [0.717, 1.165) is 5.56 Å². The number of carbonyl (C=O) groups is 1. The number of carbonyl (C=O) groups excluding carboxylic acids is 1. The van der Waals surface area contributed by atoms with Crippen LogP contribution in [0, 0.1) is 5.82 Å². The van der Waals surface area contributed by atoms with Crippen molar-refractivity contribution in [2.24, 2.45) is 0 Å². The van der Waals surface area contributed by atoms with Crippen LogP contribution >= 0.6 is 11.6 Å². The number of hydrogen-bond donors (Lipinski definition) is 3. The van der Waals surface area contributed by atoms with Crippen LogP contribution in [0.15, 0.2) is 55.0 Å². The average Bonchev–Trinajstić information content (AvgIpc) is 2.73. The van der Waals surface area contributed by atoms with Crippen LogP contribution in [-0.2, 0) is 11.2 Å². The SMILES string of the molecule is O=C(CCc1ccc(F)c(Cl)c1)NCCNc1cc(Nc2ccccn2)ncn1. The zero-order chi connectivity index (χ0) is 20.5. The van der Waals surface area contributed by atoms with E-state index in [-0.39, 0.29) is 10.9 Å². The topological polar surface area (TPSA) is 91.8 Å². The predicted octanol–water partition coefficient (Wildman–Crippen LogP) is 3.57. The van der Waals surface area contributed by atoms with Gasteiger partial charge in [0.2, 0.25) is 5.91 Å². The molecule has 0 saturated carbocycles. The number of rotatable bonds is 9. The van der Waals surface area contributed by atoms with Crippen LogP contribution in [-0.4, -0.2) is 33.9 Å². The van der Waals surface area contributed by atoms with Crippen molar-refractivity contribution in [3.8, 4) is 0 Å². The lowest BCUT2D eigenvalue weighted by molar-refractivity contribution is -0.120. The lowest BCUT2D eigenvalue weighted by atomic mass is 10.1. The molecular weight excluding hydrogens is 395 g/mol. The fraction of sp³-hybridized carbons (Fsp3) is 0.200. The van der Waals surface area contributed by atoms with E-state index >= 15 is 0 Å². The first-order valence-corrected chi connectivity index (χ1v) is 9.42. The Morgan fingerprint density at radius 3 is 2.66 bits per heavy atom. The predicted molar refractivity (Wildman–Crippen MR) is 111 cm³/mol. The molecule has 0 aliphatic rings. The minimum atomic E-state index is -0.464. The van der Waals surface area contributed by atoms with Crippen LogP contribution in [0.4, 0.5) is 21.8 Å². The molecular formula is C20H20ClFN6O. The number of amides is 1. The molecule has 0 unspecified atom stereocenters. The fourth-order valence-electron chi connectivity index (χ4n) is 2.52. The van der Waals surface area contributed by atoms with E-state index in [4.69, 9.17) is 11.6 Å². The van der Waals surface area contributed by atoms with Crippen LogP contribution in [0.5, 0.6) is 0 Å². The van der Waals surface area contributed by atoms with Gasteiger partial charge in [-0.2, -0.15) is 0 Å². The first-order chi connectivity index (χ1) is 14.1. The number of halogens is 2. The van der Waals surface area contributed by atoms with Gasteiger partial charge in [-0.15, -0.1) is 0 Å². The third kappa shape index (κ3) is 6.69. The lowest BCUT2D eigenvalue weighted by Crippen LogP contribution is -2.29. The molecule has 0 radical (unpaired) electrons. The number of hydrogen-bond acceptors (Lipinski definition) is 6. The normalized spacial score (nSPS) is 10.4. The molecule has 0 aliphatic heterocycles. The molecule has 7 nitrogen and oxygen atoms in total. The summed E-state index contributed by atoms with van der Waals surface area (Å²) in [4.78, 5) is 24.4. The molecule has 0 saturated heterocycles. The van der Waals surface area contributed by atoms with Gasteiger partial charge < -0.3 is 16.0 Å². The van der Waals surface area contributed by atoms with Gasteiger partial charge in [-0.25, -0.2) is 19.3 Å². The number of nitrogens with one attached hydrogen (secondary N) is 3. The molecule has 2 aromatic heterocycles. The highest BCUT2D eigenvalue weighted by Crippen LogP contribution is 2.17. The zero-order valence-corrected chi connectivity index (χ0v) is 16.3. The molecule has 0 aliphatic carbocycles. The van der Waals surface area contributed by atoms with Crippen LogP contribution < -0.4 is 16.0 Å². The first kappa shape index (κ1) is 20.5. The summed E-state index contributed by atoms with van der Waals surface area (Å²) >= 11 is 5.74. The maximum absolute atomic E-state index is 13.1. The molecule has 2 heterocycles. The van der Waals surface area contributed by atoms with Crippen LogP contribution in [0.25, 0.3) is 0 Å². The first-order valence-electron chi connectivity index (χ1n) is 9.05. The van der Waals surface area contributed by atoms with Crippen molar-refractivity contribution in [3.63, 3.8) is 0 Å². The van der Waals surface area contributed by atoms with Gasteiger partial charge in [-0.3, -0.25) is 4.79 Å². The summed E-state index contributed by atoms with van der Waals surface area (Å²) in [5.74, 6) is 1.38. The Bertz CT molecular complexity index is 957. The second kappa shape index (κ2) is 10.3. The lowest BCUT2D eigenvalue weighted by Gasteiger charge is -2.09. The van der Waals surface area contributed by atoms with Crippen LogP contribution in [0.2, 0.25) is 5.02 Å². The van der Waals surface area contributed by atoms with Crippen molar-refractivity contribution in [3.05, 3.63) is 71.4 Å². The van der Waals surface area contributed by atoms with Gasteiger partial charge in [-0.1, -0.05) is 23.7 Å². The summed E-state index contributed by atoms with van der Waals surface area (Å²) in [5.41, 5.74) is 0.818. The Kier molecular flexibility index (Phi) is 7.29. The number of aryl methyl sites for hydroxylation is 1. The van der Waals surface area contributed by atoms with Gasteiger partial charge in [0, 0.05) is 31.8 Å². The summed E-state index contributed by atoms with van der Waals surface area (Å²) in [6, 6.07) is 11.8. The monoisotopic (exact) mass is 414 g/mol. The molecule has 1 aromatic carbocycles. The maximum atomic E-state index is 13.1. The minimum Gasteiger partial charge on any atom is -0.368 e. The quantitative estimate of drug-likeness (QED) is 0.464. The molecule has 3 rings (SSSR count). The van der Waals surface area contributed by atoms with Crippen molar-refractivity contribution in [1.29, 1.82) is 0 Å². The molecule has 3 N–H and O–H groups in total. The summed E-state index contributed by atoms with van der Waals surface area (Å²) in [7, 11) is 0. The second-order valence-electron chi connectivity index (χ2n) is 6.15. The molecule has 3 aromatic rings. The van der Waals surface area contributed by atoms with Crippen LogP contribution in [0.1, 0.15) is 12.0 Å². The smallest absolute Gasteiger partial charge is 0.220 e. The Labute approximate surface area is 172 Å². The van der Waals surface area contributed by atoms with Crippen molar-refractivity contribution >= 4 is 35.0 Å². The van der Waals surface area contributed by atoms with E-state index in [0.29, 0.717) is 43.4 Å². The van der Waals surface area contributed by atoms with Gasteiger partial charge in [-0.05, 0) is 36.2 Å². The minimum absolute atomic E-state index is 0.0638. The Morgan fingerprint density at radius 2 is 1.86 bits per heavy atom. The molecule has 29 heavy (non-hydrogen) atoms. The maximum Gasteiger partial charge on any atom is 0.220 e. The third-order valence-electron chi connectivity index (χ3n) is 3.97. The molecule has 9 heteroatoms. The van der Waals surface area contributed by atoms with Gasteiger partial charge in [0.05, 0.1) is 5.02 Å². The largest absolute Gasteiger partial charge is 0.368 e. The molecule has 0 bridgehead atoms. The average molecular weight is 415 g/mol. The number of anilines is 3. The number of pyridine rings is 1. The van der Waals surface area contributed by atoms with Gasteiger partial charge in [0.15, 0.2) is 0 Å². The molecule has 1 amide bonds. The van der Waals surface area contributed by atoms with E-state index < -0.39 is 5.82 Å². The zero-order valence-electron chi connectivity index (χ0n) is 15.5. The summed E-state index contributed by atoms with van der Waals surface area (Å²) in [5, 5.41) is 9.11. The Balaban J connectivity index is 1.38. The number of nitrogens with zero attached hydrogens (tertiary/aromatic N) is 3. The van der Waals surface area contributed by atoms with E-state index in [2.05, 4.69) is 30.9 Å². The summed E-state index contributed by atoms with van der Waals surface area (Å²) in [6.07, 6.45) is 3.93. The van der Waals surface area contributed by atoms with Crippen molar-refractivity contribution in [2.45, 2.75) is 12.8 Å². The van der Waals surface area contributed by atoms with Gasteiger partial charge in [0.25, 0.3) is 0 Å². The third-order valence-corrected chi connectivity index (χ3v) is 4.26. The van der Waals surface area contributed by atoms with Crippen molar-refractivity contribution < 1.29 is 9.18 Å². The molecule has 150 valence electrons. The van der Waals surface area contributed by atoms with E-state index in [1.165, 1.54) is 18.5 Å².